The standard InChI is InChI=1S/C16H23N3O2/c1-5-19(11-16(20)18-12(2)3)10-13-6-7-15(21-4)14(8-13)9-17/h6-8,12H,5,10-11H2,1-4H3,(H,18,20). The minimum Gasteiger partial charge on any atom is -0.495 e. The van der Waals surface area contributed by atoms with Gasteiger partial charge in [-0.15, -0.1) is 0 Å². The van der Waals surface area contributed by atoms with E-state index in [0.717, 1.165) is 12.1 Å². The van der Waals surface area contributed by atoms with Crippen LogP contribution in [-0.2, 0) is 11.3 Å². The van der Waals surface area contributed by atoms with Crippen LogP contribution in [0.25, 0.3) is 0 Å². The first kappa shape index (κ1) is 17.0. The summed E-state index contributed by atoms with van der Waals surface area (Å²) in [6.07, 6.45) is 0. The minimum absolute atomic E-state index is 0.0147. The Kier molecular flexibility index (Phi) is 6.70. The number of amides is 1. The molecule has 0 aliphatic heterocycles. The predicted octanol–water partition coefficient (Wildman–Crippen LogP) is 1.91. The van der Waals surface area contributed by atoms with Crippen LogP contribution in [0.2, 0.25) is 0 Å². The maximum atomic E-state index is 11.8. The summed E-state index contributed by atoms with van der Waals surface area (Å²) >= 11 is 0. The van der Waals surface area contributed by atoms with E-state index in [1.807, 2.05) is 37.8 Å². The topological polar surface area (TPSA) is 65.4 Å². The predicted molar refractivity (Wildman–Crippen MR) is 81.9 cm³/mol. The second-order valence-electron chi connectivity index (χ2n) is 5.17. The number of ether oxygens (including phenoxy) is 1. The Morgan fingerprint density at radius 2 is 2.19 bits per heavy atom. The van der Waals surface area contributed by atoms with E-state index in [1.54, 1.807) is 13.2 Å². The van der Waals surface area contributed by atoms with Gasteiger partial charge in [0, 0.05) is 12.6 Å². The summed E-state index contributed by atoms with van der Waals surface area (Å²) in [4.78, 5) is 13.8. The zero-order valence-corrected chi connectivity index (χ0v) is 13.1. The highest BCUT2D eigenvalue weighted by Gasteiger charge is 2.12. The van der Waals surface area contributed by atoms with Crippen molar-refractivity contribution < 1.29 is 9.53 Å². The average molecular weight is 289 g/mol. The van der Waals surface area contributed by atoms with E-state index >= 15 is 0 Å². The van der Waals surface area contributed by atoms with Gasteiger partial charge in [-0.2, -0.15) is 5.26 Å². The second kappa shape index (κ2) is 8.28. The number of methoxy groups -OCH3 is 1. The van der Waals surface area contributed by atoms with Gasteiger partial charge < -0.3 is 10.1 Å². The van der Waals surface area contributed by atoms with Gasteiger partial charge in [-0.05, 0) is 38.1 Å². The molecule has 1 N–H and O–H groups in total. The van der Waals surface area contributed by atoms with Crippen LogP contribution >= 0.6 is 0 Å². The van der Waals surface area contributed by atoms with Crippen LogP contribution in [0.3, 0.4) is 0 Å². The Morgan fingerprint density at radius 3 is 2.71 bits per heavy atom. The Bertz CT molecular complexity index is 521. The van der Waals surface area contributed by atoms with Crippen LogP contribution in [0.5, 0.6) is 5.75 Å². The van der Waals surface area contributed by atoms with Gasteiger partial charge in [-0.1, -0.05) is 13.0 Å². The average Bonchev–Trinajstić information content (AvgIpc) is 2.45. The van der Waals surface area contributed by atoms with Gasteiger partial charge in [-0.25, -0.2) is 0 Å². The molecule has 1 rings (SSSR count). The Hall–Kier alpha value is -2.06. The Labute approximate surface area is 126 Å². The molecule has 0 fully saturated rings. The van der Waals surface area contributed by atoms with Gasteiger partial charge in [0.1, 0.15) is 11.8 Å². The summed E-state index contributed by atoms with van der Waals surface area (Å²) in [5.74, 6) is 0.586. The van der Waals surface area contributed by atoms with Crippen molar-refractivity contribution in [2.45, 2.75) is 33.4 Å². The molecule has 0 bridgehead atoms. The van der Waals surface area contributed by atoms with Crippen molar-refractivity contribution in [2.75, 3.05) is 20.2 Å². The zero-order valence-electron chi connectivity index (χ0n) is 13.1. The van der Waals surface area contributed by atoms with Crippen molar-refractivity contribution in [3.8, 4) is 11.8 Å². The van der Waals surface area contributed by atoms with Crippen LogP contribution in [0.15, 0.2) is 18.2 Å². The SMILES string of the molecule is CCN(CC(=O)NC(C)C)Cc1ccc(OC)c(C#N)c1. The Morgan fingerprint density at radius 1 is 1.48 bits per heavy atom. The normalized spacial score (nSPS) is 10.5. The van der Waals surface area contributed by atoms with E-state index in [0.29, 0.717) is 24.4 Å². The highest BCUT2D eigenvalue weighted by atomic mass is 16.5. The van der Waals surface area contributed by atoms with Gasteiger partial charge in [0.15, 0.2) is 0 Å². The molecular formula is C16H23N3O2. The van der Waals surface area contributed by atoms with E-state index in [4.69, 9.17) is 10.00 Å². The molecule has 1 aromatic rings. The highest BCUT2D eigenvalue weighted by Crippen LogP contribution is 2.19. The zero-order chi connectivity index (χ0) is 15.8. The third kappa shape index (κ3) is 5.44. The van der Waals surface area contributed by atoms with E-state index in [-0.39, 0.29) is 11.9 Å². The fourth-order valence-corrected chi connectivity index (χ4v) is 2.05. The van der Waals surface area contributed by atoms with Crippen molar-refractivity contribution in [1.82, 2.24) is 10.2 Å². The lowest BCUT2D eigenvalue weighted by Crippen LogP contribution is -2.39. The number of carbonyl (C=O) groups excluding carboxylic acids is 1. The highest BCUT2D eigenvalue weighted by molar-refractivity contribution is 5.78. The second-order valence-corrected chi connectivity index (χ2v) is 5.17. The largest absolute Gasteiger partial charge is 0.495 e. The van der Waals surface area contributed by atoms with Crippen molar-refractivity contribution in [3.05, 3.63) is 29.3 Å². The smallest absolute Gasteiger partial charge is 0.234 e. The van der Waals surface area contributed by atoms with E-state index in [9.17, 15) is 4.79 Å². The molecule has 0 aliphatic carbocycles. The first-order valence-electron chi connectivity index (χ1n) is 7.08. The van der Waals surface area contributed by atoms with Crippen LogP contribution in [0.1, 0.15) is 31.9 Å². The maximum absolute atomic E-state index is 11.8. The summed E-state index contributed by atoms with van der Waals surface area (Å²) < 4.78 is 5.13. The molecular weight excluding hydrogens is 266 g/mol. The number of nitriles is 1. The molecule has 0 heterocycles. The molecule has 0 saturated heterocycles. The van der Waals surface area contributed by atoms with Crippen molar-refractivity contribution in [2.24, 2.45) is 0 Å². The lowest BCUT2D eigenvalue weighted by molar-refractivity contribution is -0.122. The third-order valence-corrected chi connectivity index (χ3v) is 3.05. The van der Waals surface area contributed by atoms with E-state index in [1.165, 1.54) is 0 Å². The molecule has 0 radical (unpaired) electrons. The molecule has 5 heteroatoms. The number of nitrogens with one attached hydrogen (secondary N) is 1. The summed E-state index contributed by atoms with van der Waals surface area (Å²) in [5, 5.41) is 12.0. The van der Waals surface area contributed by atoms with Gasteiger partial charge in [0.25, 0.3) is 0 Å². The van der Waals surface area contributed by atoms with Crippen molar-refractivity contribution in [1.29, 1.82) is 5.26 Å². The lowest BCUT2D eigenvalue weighted by atomic mass is 10.1. The minimum atomic E-state index is 0.0147. The molecule has 0 spiro atoms. The molecule has 114 valence electrons. The molecule has 1 aromatic carbocycles. The van der Waals surface area contributed by atoms with Gasteiger partial charge in [0.05, 0.1) is 19.2 Å². The number of nitrogens with zero attached hydrogens (tertiary/aromatic N) is 2. The number of benzene rings is 1. The molecule has 0 unspecified atom stereocenters. The number of carbonyl (C=O) groups is 1. The Balaban J connectivity index is 2.73. The van der Waals surface area contributed by atoms with E-state index in [2.05, 4.69) is 11.4 Å². The first-order chi connectivity index (χ1) is 9.99. The fourth-order valence-electron chi connectivity index (χ4n) is 2.05. The van der Waals surface area contributed by atoms with Crippen LogP contribution in [0.4, 0.5) is 0 Å². The van der Waals surface area contributed by atoms with E-state index < -0.39 is 0 Å². The molecule has 5 nitrogen and oxygen atoms in total. The molecule has 21 heavy (non-hydrogen) atoms. The number of hydrogen-bond acceptors (Lipinski definition) is 4. The quantitative estimate of drug-likeness (QED) is 0.833. The number of likely N-dealkylation sites (N-methyl/N-ethyl adjacent to an activating group) is 1. The van der Waals surface area contributed by atoms with Crippen LogP contribution in [-0.4, -0.2) is 37.0 Å². The van der Waals surface area contributed by atoms with Gasteiger partial charge in [-0.3, -0.25) is 9.69 Å². The molecule has 0 aliphatic rings. The lowest BCUT2D eigenvalue weighted by Gasteiger charge is -2.21. The fraction of sp³-hybridized carbons (Fsp3) is 0.500. The molecule has 0 saturated carbocycles. The number of rotatable bonds is 7. The van der Waals surface area contributed by atoms with Crippen molar-refractivity contribution in [3.63, 3.8) is 0 Å². The monoisotopic (exact) mass is 289 g/mol. The summed E-state index contributed by atoms with van der Waals surface area (Å²) in [6.45, 7) is 7.63. The molecule has 0 atom stereocenters. The third-order valence-electron chi connectivity index (χ3n) is 3.05. The maximum Gasteiger partial charge on any atom is 0.234 e. The molecule has 1 amide bonds. The number of hydrogen-bond donors (Lipinski definition) is 1. The van der Waals surface area contributed by atoms with Gasteiger partial charge in [0.2, 0.25) is 5.91 Å². The summed E-state index contributed by atoms with van der Waals surface area (Å²) in [7, 11) is 1.55. The first-order valence-corrected chi connectivity index (χ1v) is 7.08. The summed E-state index contributed by atoms with van der Waals surface area (Å²) in [6, 6.07) is 7.78. The van der Waals surface area contributed by atoms with Crippen LogP contribution < -0.4 is 10.1 Å². The summed E-state index contributed by atoms with van der Waals surface area (Å²) in [5.41, 5.74) is 1.50. The molecule has 0 aromatic heterocycles. The van der Waals surface area contributed by atoms with Gasteiger partial charge >= 0.3 is 0 Å². The van der Waals surface area contributed by atoms with Crippen LogP contribution in [0, 0.1) is 11.3 Å². The van der Waals surface area contributed by atoms with Crippen molar-refractivity contribution >= 4 is 5.91 Å².